The highest BCUT2D eigenvalue weighted by molar-refractivity contribution is 7.21. The number of aryl methyl sites for hydroxylation is 1. The molecule has 0 saturated heterocycles. The first kappa shape index (κ1) is 8.87. The van der Waals surface area contributed by atoms with Crippen LogP contribution in [0.25, 0.3) is 9.75 Å². The first-order chi connectivity index (χ1) is 6.29. The summed E-state index contributed by atoms with van der Waals surface area (Å²) in [5.41, 5.74) is 5.50. The lowest BCUT2D eigenvalue weighted by Gasteiger charge is -1.86. The molecule has 0 amide bonds. The molecule has 0 aliphatic rings. The molecule has 0 unspecified atom stereocenters. The minimum absolute atomic E-state index is 0.537. The molecule has 0 radical (unpaired) electrons. The van der Waals surface area contributed by atoms with Crippen molar-refractivity contribution in [3.8, 4) is 9.75 Å². The van der Waals surface area contributed by atoms with Crippen LogP contribution in [0.4, 0.5) is 0 Å². The van der Waals surface area contributed by atoms with Crippen LogP contribution in [0.5, 0.6) is 0 Å². The van der Waals surface area contributed by atoms with Crippen molar-refractivity contribution in [3.63, 3.8) is 0 Å². The predicted octanol–water partition coefficient (Wildman–Crippen LogP) is 2.64. The number of hydrogen-bond donors (Lipinski definition) is 1. The molecule has 0 spiro atoms. The fourth-order valence-electron chi connectivity index (χ4n) is 1.09. The van der Waals surface area contributed by atoms with E-state index in [-0.39, 0.29) is 0 Å². The lowest BCUT2D eigenvalue weighted by molar-refractivity contribution is 1.04. The Morgan fingerprint density at radius 1 is 1.31 bits per heavy atom. The van der Waals surface area contributed by atoms with Crippen molar-refractivity contribution in [2.45, 2.75) is 13.5 Å². The zero-order valence-corrected chi connectivity index (χ0v) is 8.91. The van der Waals surface area contributed by atoms with Crippen molar-refractivity contribution in [3.05, 3.63) is 28.2 Å². The lowest BCUT2D eigenvalue weighted by atomic mass is 10.4. The maximum Gasteiger partial charge on any atom is 0.107 e. The SMILES string of the molecule is Cc1ccc(-c2cnc(CN)s2)s1. The van der Waals surface area contributed by atoms with E-state index >= 15 is 0 Å². The number of thiophene rings is 1. The zero-order valence-electron chi connectivity index (χ0n) is 7.28. The summed E-state index contributed by atoms with van der Waals surface area (Å²) in [5.74, 6) is 0. The molecule has 68 valence electrons. The second-order valence-electron chi connectivity index (χ2n) is 2.73. The quantitative estimate of drug-likeness (QED) is 0.827. The molecule has 4 heteroatoms. The molecular formula is C9H10N2S2. The van der Waals surface area contributed by atoms with Gasteiger partial charge < -0.3 is 5.73 Å². The van der Waals surface area contributed by atoms with Crippen molar-refractivity contribution >= 4 is 22.7 Å². The summed E-state index contributed by atoms with van der Waals surface area (Å²) in [5, 5.41) is 1.00. The monoisotopic (exact) mass is 210 g/mol. The van der Waals surface area contributed by atoms with Gasteiger partial charge in [0.2, 0.25) is 0 Å². The maximum absolute atomic E-state index is 5.50. The third-order valence-electron chi connectivity index (χ3n) is 1.71. The van der Waals surface area contributed by atoms with E-state index in [1.54, 1.807) is 22.7 Å². The van der Waals surface area contributed by atoms with Crippen LogP contribution < -0.4 is 5.73 Å². The van der Waals surface area contributed by atoms with Gasteiger partial charge >= 0.3 is 0 Å². The molecule has 2 N–H and O–H groups in total. The molecule has 2 heterocycles. The van der Waals surface area contributed by atoms with Gasteiger partial charge in [0.15, 0.2) is 0 Å². The number of nitrogens with two attached hydrogens (primary N) is 1. The molecule has 0 saturated carbocycles. The molecule has 0 aliphatic carbocycles. The summed E-state index contributed by atoms with van der Waals surface area (Å²) in [6.07, 6.45) is 1.90. The van der Waals surface area contributed by atoms with Gasteiger partial charge in [-0.05, 0) is 19.1 Å². The van der Waals surface area contributed by atoms with E-state index < -0.39 is 0 Å². The molecule has 0 aromatic carbocycles. The van der Waals surface area contributed by atoms with Crippen molar-refractivity contribution in [1.82, 2.24) is 4.98 Å². The Bertz CT molecular complexity index is 403. The van der Waals surface area contributed by atoms with E-state index in [0.717, 1.165) is 5.01 Å². The molecule has 0 atom stereocenters. The second kappa shape index (κ2) is 3.57. The molecule has 0 bridgehead atoms. The smallest absolute Gasteiger partial charge is 0.107 e. The number of aromatic nitrogens is 1. The average Bonchev–Trinajstić information content (AvgIpc) is 2.71. The topological polar surface area (TPSA) is 38.9 Å². The van der Waals surface area contributed by atoms with Gasteiger partial charge in [-0.3, -0.25) is 0 Å². The van der Waals surface area contributed by atoms with Crippen LogP contribution in [0.15, 0.2) is 18.3 Å². The Kier molecular flexibility index (Phi) is 2.44. The van der Waals surface area contributed by atoms with Gasteiger partial charge in [-0.2, -0.15) is 0 Å². The molecule has 2 aromatic rings. The van der Waals surface area contributed by atoms with E-state index in [1.165, 1.54) is 14.6 Å². The number of thiazole rings is 1. The standard InChI is InChI=1S/C9H10N2S2/c1-6-2-3-7(12-6)8-5-11-9(4-10)13-8/h2-3,5H,4,10H2,1H3. The van der Waals surface area contributed by atoms with Gasteiger partial charge in [0.1, 0.15) is 5.01 Å². The van der Waals surface area contributed by atoms with Gasteiger partial charge in [-0.25, -0.2) is 4.98 Å². The highest BCUT2D eigenvalue weighted by Gasteiger charge is 2.04. The Morgan fingerprint density at radius 2 is 2.15 bits per heavy atom. The van der Waals surface area contributed by atoms with Crippen LogP contribution in [0.2, 0.25) is 0 Å². The third kappa shape index (κ3) is 1.80. The predicted molar refractivity (Wildman–Crippen MR) is 58.1 cm³/mol. The highest BCUT2D eigenvalue weighted by atomic mass is 32.1. The largest absolute Gasteiger partial charge is 0.325 e. The van der Waals surface area contributed by atoms with Crippen molar-refractivity contribution in [2.75, 3.05) is 0 Å². The molecule has 2 rings (SSSR count). The minimum Gasteiger partial charge on any atom is -0.325 e. The number of hydrogen-bond acceptors (Lipinski definition) is 4. The second-order valence-corrected chi connectivity index (χ2v) is 5.14. The van der Waals surface area contributed by atoms with E-state index in [9.17, 15) is 0 Å². The lowest BCUT2D eigenvalue weighted by Crippen LogP contribution is -1.93. The summed E-state index contributed by atoms with van der Waals surface area (Å²) in [6, 6.07) is 4.26. The van der Waals surface area contributed by atoms with E-state index in [1.807, 2.05) is 6.20 Å². The van der Waals surface area contributed by atoms with E-state index in [0.29, 0.717) is 6.54 Å². The molecule has 13 heavy (non-hydrogen) atoms. The van der Waals surface area contributed by atoms with Gasteiger partial charge in [0, 0.05) is 22.5 Å². The normalized spacial score (nSPS) is 10.6. The van der Waals surface area contributed by atoms with Crippen LogP contribution in [0.1, 0.15) is 9.88 Å². The van der Waals surface area contributed by atoms with Crippen LogP contribution in [-0.4, -0.2) is 4.98 Å². The van der Waals surface area contributed by atoms with E-state index in [4.69, 9.17) is 5.73 Å². The fraction of sp³-hybridized carbons (Fsp3) is 0.222. The molecular weight excluding hydrogens is 200 g/mol. The molecule has 0 aliphatic heterocycles. The van der Waals surface area contributed by atoms with Gasteiger partial charge in [-0.15, -0.1) is 22.7 Å². The van der Waals surface area contributed by atoms with Gasteiger partial charge in [0.25, 0.3) is 0 Å². The highest BCUT2D eigenvalue weighted by Crippen LogP contribution is 2.31. The van der Waals surface area contributed by atoms with Crippen LogP contribution in [0.3, 0.4) is 0 Å². The maximum atomic E-state index is 5.50. The van der Waals surface area contributed by atoms with Gasteiger partial charge in [0.05, 0.1) is 4.88 Å². The summed E-state index contributed by atoms with van der Waals surface area (Å²) in [6.45, 7) is 2.65. The van der Waals surface area contributed by atoms with Crippen LogP contribution in [0, 0.1) is 6.92 Å². The summed E-state index contributed by atoms with van der Waals surface area (Å²) in [7, 11) is 0. The summed E-state index contributed by atoms with van der Waals surface area (Å²) in [4.78, 5) is 8.06. The third-order valence-corrected chi connectivity index (χ3v) is 3.93. The van der Waals surface area contributed by atoms with Crippen molar-refractivity contribution < 1.29 is 0 Å². The molecule has 2 nitrogen and oxygen atoms in total. The van der Waals surface area contributed by atoms with Crippen molar-refractivity contribution in [2.24, 2.45) is 5.73 Å². The van der Waals surface area contributed by atoms with E-state index in [2.05, 4.69) is 24.0 Å². The Balaban J connectivity index is 2.35. The minimum atomic E-state index is 0.537. The Morgan fingerprint density at radius 3 is 2.69 bits per heavy atom. The number of rotatable bonds is 2. The number of nitrogens with zero attached hydrogens (tertiary/aromatic N) is 1. The average molecular weight is 210 g/mol. The first-order valence-corrected chi connectivity index (χ1v) is 5.64. The van der Waals surface area contributed by atoms with Crippen LogP contribution in [-0.2, 0) is 6.54 Å². The van der Waals surface area contributed by atoms with Crippen LogP contribution >= 0.6 is 22.7 Å². The summed E-state index contributed by atoms with van der Waals surface area (Å²) < 4.78 is 0. The molecule has 2 aromatic heterocycles. The van der Waals surface area contributed by atoms with Gasteiger partial charge in [-0.1, -0.05) is 0 Å². The first-order valence-electron chi connectivity index (χ1n) is 4.01. The zero-order chi connectivity index (χ0) is 9.26. The summed E-state index contributed by atoms with van der Waals surface area (Å²) >= 11 is 3.47. The Labute approximate surface area is 85.1 Å². The molecule has 0 fully saturated rings. The fourth-order valence-corrected chi connectivity index (χ4v) is 2.82. The Hall–Kier alpha value is -0.710. The van der Waals surface area contributed by atoms with Crippen molar-refractivity contribution in [1.29, 1.82) is 0 Å².